The summed E-state index contributed by atoms with van der Waals surface area (Å²) in [6, 6.07) is 0. The first-order valence-electron chi connectivity index (χ1n) is 9.00. The van der Waals surface area contributed by atoms with E-state index in [1.165, 1.54) is 38.5 Å². The minimum atomic E-state index is -1.09. The highest BCUT2D eigenvalue weighted by Gasteiger charge is 2.20. The molecule has 1 unspecified atom stereocenters. The Morgan fingerprint density at radius 3 is 1.77 bits per heavy atom. The van der Waals surface area contributed by atoms with Crippen molar-refractivity contribution in [1.82, 2.24) is 0 Å². The van der Waals surface area contributed by atoms with Crippen molar-refractivity contribution in [2.75, 3.05) is 6.61 Å². The standard InChI is InChI=1S/C18H34O4/c1-3-5-7-9-10-12-14-16(13-11-8-6-4-2)18(21)22-15-17(19)20/h16H,3-15H2,1-2H3,(H,19,20). The summed E-state index contributed by atoms with van der Waals surface area (Å²) in [5.74, 6) is -1.53. The molecule has 130 valence electrons. The van der Waals surface area contributed by atoms with Crippen molar-refractivity contribution >= 4 is 11.9 Å². The van der Waals surface area contributed by atoms with Crippen LogP contribution in [0.1, 0.15) is 90.9 Å². The van der Waals surface area contributed by atoms with Gasteiger partial charge in [-0.25, -0.2) is 4.79 Å². The van der Waals surface area contributed by atoms with Crippen LogP contribution >= 0.6 is 0 Å². The minimum absolute atomic E-state index is 0.123. The summed E-state index contributed by atoms with van der Waals surface area (Å²) in [4.78, 5) is 22.5. The van der Waals surface area contributed by atoms with Crippen LogP contribution in [0.5, 0.6) is 0 Å². The second-order valence-electron chi connectivity index (χ2n) is 6.10. The molecule has 0 aliphatic carbocycles. The van der Waals surface area contributed by atoms with Gasteiger partial charge in [0.1, 0.15) is 0 Å². The quantitative estimate of drug-likeness (QED) is 0.343. The van der Waals surface area contributed by atoms with Gasteiger partial charge in [-0.1, -0.05) is 78.1 Å². The van der Waals surface area contributed by atoms with Crippen LogP contribution in [-0.4, -0.2) is 23.7 Å². The highest BCUT2D eigenvalue weighted by Crippen LogP contribution is 2.20. The predicted molar refractivity (Wildman–Crippen MR) is 88.8 cm³/mol. The highest BCUT2D eigenvalue weighted by atomic mass is 16.5. The van der Waals surface area contributed by atoms with Crippen LogP contribution in [0.25, 0.3) is 0 Å². The van der Waals surface area contributed by atoms with Crippen molar-refractivity contribution in [3.05, 3.63) is 0 Å². The van der Waals surface area contributed by atoms with E-state index < -0.39 is 12.6 Å². The summed E-state index contributed by atoms with van der Waals surface area (Å²) in [6.45, 7) is 3.85. The van der Waals surface area contributed by atoms with Gasteiger partial charge in [0.05, 0.1) is 5.92 Å². The van der Waals surface area contributed by atoms with Gasteiger partial charge in [0.25, 0.3) is 0 Å². The Bertz CT molecular complexity index is 289. The van der Waals surface area contributed by atoms with E-state index in [1.807, 2.05) is 0 Å². The molecule has 4 heteroatoms. The summed E-state index contributed by atoms with van der Waals surface area (Å²) in [5, 5.41) is 8.61. The Hall–Kier alpha value is -1.06. The van der Waals surface area contributed by atoms with Crippen LogP contribution in [0.2, 0.25) is 0 Å². The smallest absolute Gasteiger partial charge is 0.341 e. The van der Waals surface area contributed by atoms with E-state index >= 15 is 0 Å². The molecule has 1 N–H and O–H groups in total. The third-order valence-electron chi connectivity index (χ3n) is 3.98. The molecule has 1 atom stereocenters. The molecule has 0 aliphatic heterocycles. The van der Waals surface area contributed by atoms with Crippen LogP contribution in [0.4, 0.5) is 0 Å². The van der Waals surface area contributed by atoms with Gasteiger partial charge < -0.3 is 9.84 Å². The van der Waals surface area contributed by atoms with E-state index in [1.54, 1.807) is 0 Å². The zero-order chi connectivity index (χ0) is 16.6. The molecule has 0 aromatic heterocycles. The van der Waals surface area contributed by atoms with E-state index in [0.717, 1.165) is 38.5 Å². The molecule has 0 spiro atoms. The SMILES string of the molecule is CCCCCCCCC(CCCCCC)C(=O)OCC(=O)O. The first kappa shape index (κ1) is 20.9. The third kappa shape index (κ3) is 12.7. The van der Waals surface area contributed by atoms with Gasteiger partial charge in [-0.05, 0) is 12.8 Å². The molecule has 0 heterocycles. The van der Waals surface area contributed by atoms with E-state index in [0.29, 0.717) is 0 Å². The minimum Gasteiger partial charge on any atom is -0.479 e. The lowest BCUT2D eigenvalue weighted by Crippen LogP contribution is -2.21. The van der Waals surface area contributed by atoms with Crippen LogP contribution in [-0.2, 0) is 14.3 Å². The van der Waals surface area contributed by atoms with E-state index in [9.17, 15) is 9.59 Å². The summed E-state index contributed by atoms with van der Waals surface area (Å²) in [6.07, 6.45) is 13.4. The molecule has 0 rings (SSSR count). The molecule has 0 saturated heterocycles. The van der Waals surface area contributed by atoms with Gasteiger partial charge in [0.2, 0.25) is 0 Å². The molecule has 0 aromatic rings. The van der Waals surface area contributed by atoms with Gasteiger partial charge in [0, 0.05) is 0 Å². The van der Waals surface area contributed by atoms with Gasteiger partial charge >= 0.3 is 11.9 Å². The topological polar surface area (TPSA) is 63.6 Å². The number of carbonyl (C=O) groups excluding carboxylic acids is 1. The molecule has 0 aliphatic rings. The molecular formula is C18H34O4. The number of carbonyl (C=O) groups is 2. The highest BCUT2D eigenvalue weighted by molar-refractivity contribution is 5.76. The lowest BCUT2D eigenvalue weighted by molar-refractivity contribution is -0.158. The summed E-state index contributed by atoms with van der Waals surface area (Å²) in [5.41, 5.74) is 0. The fourth-order valence-electron chi connectivity index (χ4n) is 2.62. The Balaban J connectivity index is 4.03. The van der Waals surface area contributed by atoms with Crippen molar-refractivity contribution < 1.29 is 19.4 Å². The number of aliphatic carboxylic acids is 1. The number of carboxylic acids is 1. The number of carboxylic acid groups (broad SMARTS) is 1. The van der Waals surface area contributed by atoms with E-state index in [4.69, 9.17) is 9.84 Å². The fourth-order valence-corrected chi connectivity index (χ4v) is 2.62. The Morgan fingerprint density at radius 1 is 0.818 bits per heavy atom. The van der Waals surface area contributed by atoms with Crippen LogP contribution in [0, 0.1) is 5.92 Å². The van der Waals surface area contributed by atoms with E-state index in [-0.39, 0.29) is 11.9 Å². The lowest BCUT2D eigenvalue weighted by Gasteiger charge is -2.15. The molecule has 0 saturated carbocycles. The van der Waals surface area contributed by atoms with Crippen LogP contribution in [0.15, 0.2) is 0 Å². The fraction of sp³-hybridized carbons (Fsp3) is 0.889. The number of unbranched alkanes of at least 4 members (excludes halogenated alkanes) is 8. The third-order valence-corrected chi connectivity index (χ3v) is 3.98. The molecule has 0 fully saturated rings. The molecule has 0 amide bonds. The number of hydrogen-bond donors (Lipinski definition) is 1. The van der Waals surface area contributed by atoms with Crippen molar-refractivity contribution in [3.63, 3.8) is 0 Å². The maximum Gasteiger partial charge on any atom is 0.341 e. The Kier molecular flexibility index (Phi) is 14.1. The average molecular weight is 314 g/mol. The van der Waals surface area contributed by atoms with Crippen molar-refractivity contribution in [3.8, 4) is 0 Å². The van der Waals surface area contributed by atoms with Gasteiger partial charge in [0.15, 0.2) is 6.61 Å². The first-order chi connectivity index (χ1) is 10.6. The van der Waals surface area contributed by atoms with E-state index in [2.05, 4.69) is 13.8 Å². The predicted octanol–water partition coefficient (Wildman–Crippen LogP) is 4.95. The second kappa shape index (κ2) is 14.9. The second-order valence-corrected chi connectivity index (χ2v) is 6.10. The maximum atomic E-state index is 12.0. The molecule has 0 aromatic carbocycles. The average Bonchev–Trinajstić information content (AvgIpc) is 2.50. The number of ether oxygens (including phenoxy) is 1. The van der Waals surface area contributed by atoms with Gasteiger partial charge in [-0.2, -0.15) is 0 Å². The Morgan fingerprint density at radius 2 is 1.27 bits per heavy atom. The van der Waals surface area contributed by atoms with Gasteiger partial charge in [-0.3, -0.25) is 4.79 Å². The summed E-state index contributed by atoms with van der Waals surface area (Å²) >= 11 is 0. The van der Waals surface area contributed by atoms with Crippen molar-refractivity contribution in [2.24, 2.45) is 5.92 Å². The molecule has 4 nitrogen and oxygen atoms in total. The normalized spacial score (nSPS) is 12.1. The summed E-state index contributed by atoms with van der Waals surface area (Å²) in [7, 11) is 0. The zero-order valence-electron chi connectivity index (χ0n) is 14.4. The van der Waals surface area contributed by atoms with Gasteiger partial charge in [-0.15, -0.1) is 0 Å². The van der Waals surface area contributed by atoms with Crippen LogP contribution < -0.4 is 0 Å². The van der Waals surface area contributed by atoms with Crippen molar-refractivity contribution in [1.29, 1.82) is 0 Å². The Labute approximate surface area is 135 Å². The van der Waals surface area contributed by atoms with Crippen LogP contribution in [0.3, 0.4) is 0 Å². The number of esters is 1. The maximum absolute atomic E-state index is 12.0. The molecular weight excluding hydrogens is 280 g/mol. The first-order valence-corrected chi connectivity index (χ1v) is 9.00. The largest absolute Gasteiger partial charge is 0.479 e. The number of rotatable bonds is 15. The van der Waals surface area contributed by atoms with Crippen molar-refractivity contribution in [2.45, 2.75) is 90.9 Å². The summed E-state index contributed by atoms with van der Waals surface area (Å²) < 4.78 is 4.88. The number of hydrogen-bond acceptors (Lipinski definition) is 3. The molecule has 0 radical (unpaired) electrons. The molecule has 0 bridgehead atoms. The monoisotopic (exact) mass is 314 g/mol. The lowest BCUT2D eigenvalue weighted by atomic mass is 9.94. The molecule has 22 heavy (non-hydrogen) atoms. The zero-order valence-corrected chi connectivity index (χ0v) is 14.4.